The van der Waals surface area contributed by atoms with Crippen molar-refractivity contribution in [3.05, 3.63) is 24.3 Å². The number of amides is 2. The molecule has 1 atom stereocenters. The molecule has 0 saturated carbocycles. The summed E-state index contributed by atoms with van der Waals surface area (Å²) in [7, 11) is 0. The molecule has 22 heavy (non-hydrogen) atoms. The van der Waals surface area contributed by atoms with Crippen LogP contribution in [0.1, 0.15) is 12.8 Å². The summed E-state index contributed by atoms with van der Waals surface area (Å²) in [6, 6.07) is 7.91. The van der Waals surface area contributed by atoms with Gasteiger partial charge in [0, 0.05) is 17.5 Å². The van der Waals surface area contributed by atoms with Gasteiger partial charge in [-0.25, -0.2) is 0 Å². The molecule has 2 aliphatic rings. The van der Waals surface area contributed by atoms with Crippen LogP contribution in [0, 0.1) is 0 Å². The van der Waals surface area contributed by atoms with Gasteiger partial charge in [0.1, 0.15) is 6.54 Å². The van der Waals surface area contributed by atoms with Crippen molar-refractivity contribution in [2.45, 2.75) is 23.8 Å². The summed E-state index contributed by atoms with van der Waals surface area (Å²) in [6.45, 7) is 1.93. The molecule has 7 heteroatoms. The average Bonchev–Trinajstić information content (AvgIpc) is 2.51. The Morgan fingerprint density at radius 3 is 3.00 bits per heavy atom. The van der Waals surface area contributed by atoms with Gasteiger partial charge >= 0.3 is 0 Å². The van der Waals surface area contributed by atoms with Crippen LogP contribution in [0.25, 0.3) is 0 Å². The number of rotatable bonds is 3. The second kappa shape index (κ2) is 7.85. The van der Waals surface area contributed by atoms with E-state index in [2.05, 4.69) is 10.6 Å². The van der Waals surface area contributed by atoms with Crippen molar-refractivity contribution in [3.8, 4) is 0 Å². The van der Waals surface area contributed by atoms with Crippen LogP contribution in [0.2, 0.25) is 0 Å². The number of anilines is 1. The average molecular weight is 342 g/mol. The zero-order valence-corrected chi connectivity index (χ0v) is 13.8. The molecule has 0 bridgehead atoms. The molecule has 0 aliphatic carbocycles. The maximum absolute atomic E-state index is 12.2. The molecular formula is C15H20ClN3O2S. The first-order chi connectivity index (χ1) is 10.2. The minimum absolute atomic E-state index is 0. The third-order valence-electron chi connectivity index (χ3n) is 3.77. The van der Waals surface area contributed by atoms with Gasteiger partial charge < -0.3 is 15.5 Å². The SMILES string of the molecule is Cl.O=C(CN1C(=O)CSc2ccccc21)NC1CCCNC1. The number of carbonyl (C=O) groups excluding carboxylic acids is 2. The van der Waals surface area contributed by atoms with Gasteiger partial charge in [0.25, 0.3) is 0 Å². The van der Waals surface area contributed by atoms with Crippen LogP contribution in [0.5, 0.6) is 0 Å². The molecule has 2 heterocycles. The van der Waals surface area contributed by atoms with Crippen LogP contribution in [-0.4, -0.2) is 43.2 Å². The summed E-state index contributed by atoms with van der Waals surface area (Å²) in [5, 5.41) is 6.29. The lowest BCUT2D eigenvalue weighted by Gasteiger charge is -2.30. The number of para-hydroxylation sites is 1. The van der Waals surface area contributed by atoms with E-state index in [1.54, 1.807) is 4.90 Å². The van der Waals surface area contributed by atoms with E-state index < -0.39 is 0 Å². The van der Waals surface area contributed by atoms with Crippen molar-refractivity contribution < 1.29 is 9.59 Å². The molecule has 1 fully saturated rings. The first-order valence-electron chi connectivity index (χ1n) is 7.26. The predicted molar refractivity (Wildman–Crippen MR) is 90.8 cm³/mol. The highest BCUT2D eigenvalue weighted by molar-refractivity contribution is 8.00. The van der Waals surface area contributed by atoms with Crippen LogP contribution in [-0.2, 0) is 9.59 Å². The second-order valence-corrected chi connectivity index (χ2v) is 6.36. The quantitative estimate of drug-likeness (QED) is 0.872. The number of piperidine rings is 1. The Morgan fingerprint density at radius 2 is 2.23 bits per heavy atom. The molecule has 120 valence electrons. The molecule has 5 nitrogen and oxygen atoms in total. The molecule has 1 aromatic rings. The van der Waals surface area contributed by atoms with Crippen molar-refractivity contribution in [3.63, 3.8) is 0 Å². The molecular weight excluding hydrogens is 322 g/mol. The van der Waals surface area contributed by atoms with Crippen LogP contribution in [0.15, 0.2) is 29.2 Å². The second-order valence-electron chi connectivity index (χ2n) is 5.35. The monoisotopic (exact) mass is 341 g/mol. The van der Waals surface area contributed by atoms with Gasteiger partial charge in [0.15, 0.2) is 0 Å². The van der Waals surface area contributed by atoms with Crippen LogP contribution in [0.4, 0.5) is 5.69 Å². The molecule has 1 aromatic carbocycles. The van der Waals surface area contributed by atoms with Gasteiger partial charge in [-0.1, -0.05) is 12.1 Å². The summed E-state index contributed by atoms with van der Waals surface area (Å²) >= 11 is 1.53. The summed E-state index contributed by atoms with van der Waals surface area (Å²) in [5.74, 6) is 0.310. The molecule has 2 amide bonds. The van der Waals surface area contributed by atoms with Crippen molar-refractivity contribution in [1.29, 1.82) is 0 Å². The number of fused-ring (bicyclic) bond motifs is 1. The summed E-state index contributed by atoms with van der Waals surface area (Å²) < 4.78 is 0. The van der Waals surface area contributed by atoms with Crippen molar-refractivity contribution >= 4 is 41.7 Å². The highest BCUT2D eigenvalue weighted by atomic mass is 35.5. The van der Waals surface area contributed by atoms with Crippen molar-refractivity contribution in [2.24, 2.45) is 0 Å². The van der Waals surface area contributed by atoms with Crippen LogP contribution >= 0.6 is 24.2 Å². The Balaban J connectivity index is 0.00000176. The fraction of sp³-hybridized carbons (Fsp3) is 0.467. The lowest BCUT2D eigenvalue weighted by molar-refractivity contribution is -0.123. The van der Waals surface area contributed by atoms with E-state index in [0.717, 1.165) is 36.5 Å². The Hall–Kier alpha value is -1.24. The molecule has 1 unspecified atom stereocenters. The van der Waals surface area contributed by atoms with Gasteiger partial charge in [0.05, 0.1) is 11.4 Å². The number of benzene rings is 1. The third kappa shape index (κ3) is 3.94. The molecule has 3 rings (SSSR count). The van der Waals surface area contributed by atoms with Crippen molar-refractivity contribution in [1.82, 2.24) is 10.6 Å². The Bertz CT molecular complexity index is 549. The standard InChI is InChI=1S/C15H19N3O2S.ClH/c19-14(17-11-4-3-7-16-8-11)9-18-12-5-1-2-6-13(12)21-10-15(18)20;/h1-2,5-6,11,16H,3-4,7-10H2,(H,17,19);1H. The van der Waals surface area contributed by atoms with Crippen LogP contribution in [0.3, 0.4) is 0 Å². The predicted octanol–water partition coefficient (Wildman–Crippen LogP) is 1.42. The number of halogens is 1. The van der Waals surface area contributed by atoms with E-state index in [4.69, 9.17) is 0 Å². The van der Waals surface area contributed by atoms with E-state index in [0.29, 0.717) is 5.75 Å². The molecule has 2 N–H and O–H groups in total. The maximum Gasteiger partial charge on any atom is 0.240 e. The molecule has 0 spiro atoms. The van der Waals surface area contributed by atoms with Gasteiger partial charge in [-0.2, -0.15) is 0 Å². The fourth-order valence-corrected chi connectivity index (χ4v) is 3.65. The minimum atomic E-state index is -0.0845. The Labute approximate surface area is 140 Å². The number of nitrogens with one attached hydrogen (secondary N) is 2. The zero-order valence-electron chi connectivity index (χ0n) is 12.2. The number of hydrogen-bond donors (Lipinski definition) is 2. The maximum atomic E-state index is 12.2. The highest BCUT2D eigenvalue weighted by Crippen LogP contribution is 2.34. The summed E-state index contributed by atoms with van der Waals surface area (Å²) in [4.78, 5) is 26.9. The molecule has 0 radical (unpaired) electrons. The number of thioether (sulfide) groups is 1. The number of hydrogen-bond acceptors (Lipinski definition) is 4. The lowest BCUT2D eigenvalue weighted by atomic mass is 10.1. The Morgan fingerprint density at radius 1 is 1.41 bits per heavy atom. The van der Waals surface area contributed by atoms with Crippen LogP contribution < -0.4 is 15.5 Å². The molecule has 0 aromatic heterocycles. The minimum Gasteiger partial charge on any atom is -0.351 e. The zero-order chi connectivity index (χ0) is 14.7. The first kappa shape index (κ1) is 17.1. The lowest BCUT2D eigenvalue weighted by Crippen LogP contribution is -2.50. The summed E-state index contributed by atoms with van der Waals surface area (Å²) in [6.07, 6.45) is 2.08. The summed E-state index contributed by atoms with van der Waals surface area (Å²) in [5.41, 5.74) is 0.843. The third-order valence-corrected chi connectivity index (χ3v) is 4.82. The highest BCUT2D eigenvalue weighted by Gasteiger charge is 2.27. The molecule has 1 saturated heterocycles. The Kier molecular flexibility index (Phi) is 6.11. The van der Waals surface area contributed by atoms with E-state index in [1.807, 2.05) is 24.3 Å². The molecule has 2 aliphatic heterocycles. The smallest absolute Gasteiger partial charge is 0.240 e. The van der Waals surface area contributed by atoms with Gasteiger partial charge in [0.2, 0.25) is 11.8 Å². The van der Waals surface area contributed by atoms with E-state index in [9.17, 15) is 9.59 Å². The fourth-order valence-electron chi connectivity index (χ4n) is 2.72. The van der Waals surface area contributed by atoms with Gasteiger partial charge in [-0.15, -0.1) is 24.2 Å². The van der Waals surface area contributed by atoms with E-state index in [-0.39, 0.29) is 36.8 Å². The number of carbonyl (C=O) groups is 2. The van der Waals surface area contributed by atoms with Gasteiger partial charge in [-0.3, -0.25) is 9.59 Å². The number of nitrogens with zero attached hydrogens (tertiary/aromatic N) is 1. The largest absolute Gasteiger partial charge is 0.351 e. The van der Waals surface area contributed by atoms with Gasteiger partial charge in [-0.05, 0) is 31.5 Å². The van der Waals surface area contributed by atoms with Crippen molar-refractivity contribution in [2.75, 3.05) is 30.3 Å². The topological polar surface area (TPSA) is 61.4 Å². The van der Waals surface area contributed by atoms with E-state index >= 15 is 0 Å². The normalized spacial score (nSPS) is 20.8. The first-order valence-corrected chi connectivity index (χ1v) is 8.25. The van der Waals surface area contributed by atoms with E-state index in [1.165, 1.54) is 11.8 Å².